The van der Waals surface area contributed by atoms with Gasteiger partial charge in [0.2, 0.25) is 0 Å². The summed E-state index contributed by atoms with van der Waals surface area (Å²) in [4.78, 5) is 10.8. The number of aromatic hydroxyl groups is 1. The highest BCUT2D eigenvalue weighted by molar-refractivity contribution is 7.22. The normalized spacial score (nSPS) is 10.6. The van der Waals surface area contributed by atoms with Gasteiger partial charge in [-0.3, -0.25) is 0 Å². The van der Waals surface area contributed by atoms with Crippen molar-refractivity contribution in [2.45, 2.75) is 0 Å². The number of fused-ring (bicyclic) bond motifs is 1. The molecule has 0 radical (unpaired) electrons. The Bertz CT molecular complexity index is 518. The van der Waals surface area contributed by atoms with Crippen LogP contribution < -0.4 is 5.73 Å². The lowest BCUT2D eigenvalue weighted by Gasteiger charge is -1.98. The van der Waals surface area contributed by atoms with Crippen molar-refractivity contribution in [3.63, 3.8) is 0 Å². The first-order valence-corrected chi connectivity index (χ1v) is 4.65. The van der Waals surface area contributed by atoms with Crippen LogP contribution in [0.4, 0.5) is 5.00 Å². The van der Waals surface area contributed by atoms with Gasteiger partial charge in [0, 0.05) is 10.1 Å². The van der Waals surface area contributed by atoms with Gasteiger partial charge < -0.3 is 15.9 Å². The molecule has 0 aliphatic rings. The van der Waals surface area contributed by atoms with Crippen LogP contribution in [0, 0.1) is 0 Å². The minimum atomic E-state index is -1.07. The van der Waals surface area contributed by atoms with Crippen LogP contribution in [0.15, 0.2) is 18.2 Å². The fourth-order valence-electron chi connectivity index (χ4n) is 1.32. The summed E-state index contributed by atoms with van der Waals surface area (Å²) in [6.07, 6.45) is 0. The quantitative estimate of drug-likeness (QED) is 0.669. The first-order valence-electron chi connectivity index (χ1n) is 3.83. The maximum absolute atomic E-state index is 10.8. The molecule has 1 heterocycles. The van der Waals surface area contributed by atoms with Gasteiger partial charge in [-0.25, -0.2) is 4.79 Å². The molecule has 0 saturated carbocycles. The fourth-order valence-corrected chi connectivity index (χ4v) is 2.21. The van der Waals surface area contributed by atoms with Crippen molar-refractivity contribution >= 4 is 32.4 Å². The van der Waals surface area contributed by atoms with E-state index in [0.29, 0.717) is 15.1 Å². The second-order valence-corrected chi connectivity index (χ2v) is 3.97. The Balaban J connectivity index is 2.85. The largest absolute Gasteiger partial charge is 0.508 e. The highest BCUT2D eigenvalue weighted by atomic mass is 32.1. The number of nitrogens with two attached hydrogens (primary N) is 1. The zero-order valence-electron chi connectivity index (χ0n) is 7.02. The van der Waals surface area contributed by atoms with Crippen molar-refractivity contribution in [3.05, 3.63) is 23.8 Å². The summed E-state index contributed by atoms with van der Waals surface area (Å²) in [5, 5.41) is 19.2. The first-order chi connectivity index (χ1) is 6.58. The minimum absolute atomic E-state index is 0.0586. The lowest BCUT2D eigenvalue weighted by atomic mass is 10.1. The van der Waals surface area contributed by atoms with E-state index < -0.39 is 5.97 Å². The summed E-state index contributed by atoms with van der Waals surface area (Å²) >= 11 is 1.25. The molecule has 2 aromatic rings. The van der Waals surface area contributed by atoms with Gasteiger partial charge in [-0.05, 0) is 18.2 Å². The third kappa shape index (κ3) is 1.27. The number of anilines is 1. The fraction of sp³-hybridized carbons (Fsp3) is 0. The van der Waals surface area contributed by atoms with E-state index in [-0.39, 0.29) is 11.3 Å². The van der Waals surface area contributed by atoms with Crippen molar-refractivity contribution in [1.29, 1.82) is 0 Å². The number of phenols is 1. The van der Waals surface area contributed by atoms with Crippen LogP contribution in [0.5, 0.6) is 5.75 Å². The van der Waals surface area contributed by atoms with Gasteiger partial charge in [-0.15, -0.1) is 11.3 Å². The number of hydrogen-bond donors (Lipinski definition) is 3. The molecule has 0 spiro atoms. The Hall–Kier alpha value is -1.75. The predicted molar refractivity (Wildman–Crippen MR) is 54.9 cm³/mol. The second kappa shape index (κ2) is 2.88. The number of hydrogen-bond acceptors (Lipinski definition) is 4. The van der Waals surface area contributed by atoms with Crippen LogP contribution in [0.2, 0.25) is 0 Å². The molecule has 72 valence electrons. The molecule has 0 atom stereocenters. The molecular formula is C9H7NO3S. The van der Waals surface area contributed by atoms with E-state index in [0.717, 1.165) is 0 Å². The summed E-state index contributed by atoms with van der Waals surface area (Å²) in [6, 6.07) is 4.32. The van der Waals surface area contributed by atoms with Gasteiger partial charge in [0.1, 0.15) is 5.75 Å². The van der Waals surface area contributed by atoms with Crippen molar-refractivity contribution in [2.24, 2.45) is 0 Å². The second-order valence-electron chi connectivity index (χ2n) is 2.86. The summed E-state index contributed by atoms with van der Waals surface area (Å²) in [7, 11) is 0. The maximum atomic E-state index is 10.8. The van der Waals surface area contributed by atoms with Crippen LogP contribution in [-0.4, -0.2) is 16.2 Å². The Morgan fingerprint density at radius 2 is 2.07 bits per heavy atom. The molecule has 5 heteroatoms. The Kier molecular flexibility index (Phi) is 1.82. The van der Waals surface area contributed by atoms with Gasteiger partial charge in [0.05, 0.1) is 10.6 Å². The monoisotopic (exact) mass is 209 g/mol. The highest BCUT2D eigenvalue weighted by Crippen LogP contribution is 2.33. The van der Waals surface area contributed by atoms with E-state index in [1.165, 1.54) is 23.5 Å². The number of carbonyl (C=O) groups is 1. The van der Waals surface area contributed by atoms with E-state index in [4.69, 9.17) is 10.8 Å². The van der Waals surface area contributed by atoms with Crippen LogP contribution in [0.25, 0.3) is 10.1 Å². The molecule has 1 aromatic carbocycles. The van der Waals surface area contributed by atoms with Crippen LogP contribution in [0.3, 0.4) is 0 Å². The third-order valence-electron chi connectivity index (χ3n) is 1.87. The molecule has 0 amide bonds. The van der Waals surface area contributed by atoms with Gasteiger partial charge in [0.15, 0.2) is 0 Å². The Labute approximate surface area is 83.2 Å². The molecule has 2 rings (SSSR count). The SMILES string of the molecule is Nc1cc2c(C(=O)O)cc(O)cc2s1. The molecule has 4 N–H and O–H groups in total. The molecule has 0 fully saturated rings. The summed E-state index contributed by atoms with van der Waals surface area (Å²) in [5.41, 5.74) is 5.63. The minimum Gasteiger partial charge on any atom is -0.508 e. The average molecular weight is 209 g/mol. The van der Waals surface area contributed by atoms with Crippen molar-refractivity contribution in [3.8, 4) is 5.75 Å². The number of carboxylic acids is 1. The maximum Gasteiger partial charge on any atom is 0.336 e. The molecule has 1 aromatic heterocycles. The van der Waals surface area contributed by atoms with E-state index >= 15 is 0 Å². The smallest absolute Gasteiger partial charge is 0.336 e. The lowest BCUT2D eigenvalue weighted by molar-refractivity contribution is 0.0698. The number of benzene rings is 1. The standard InChI is InChI=1S/C9H7NO3S/c10-8-3-5-6(9(12)13)1-4(11)2-7(5)14-8/h1-3,11H,10H2,(H,12,13). The Morgan fingerprint density at radius 3 is 2.71 bits per heavy atom. The molecule has 0 bridgehead atoms. The van der Waals surface area contributed by atoms with E-state index in [1.54, 1.807) is 6.07 Å². The van der Waals surface area contributed by atoms with Crippen molar-refractivity contribution in [2.75, 3.05) is 5.73 Å². The number of aromatic carboxylic acids is 1. The molecular weight excluding hydrogens is 202 g/mol. The highest BCUT2D eigenvalue weighted by Gasteiger charge is 2.12. The molecule has 0 aliphatic carbocycles. The predicted octanol–water partition coefficient (Wildman–Crippen LogP) is 1.89. The topological polar surface area (TPSA) is 83.6 Å². The van der Waals surface area contributed by atoms with Gasteiger partial charge in [-0.2, -0.15) is 0 Å². The lowest BCUT2D eigenvalue weighted by Crippen LogP contribution is -1.95. The molecule has 0 saturated heterocycles. The zero-order chi connectivity index (χ0) is 10.3. The van der Waals surface area contributed by atoms with Gasteiger partial charge in [-0.1, -0.05) is 0 Å². The summed E-state index contributed by atoms with van der Waals surface area (Å²) < 4.78 is 0.680. The molecule has 14 heavy (non-hydrogen) atoms. The van der Waals surface area contributed by atoms with Crippen molar-refractivity contribution in [1.82, 2.24) is 0 Å². The molecule has 0 unspecified atom stereocenters. The number of nitrogen functional groups attached to an aromatic ring is 1. The zero-order valence-corrected chi connectivity index (χ0v) is 7.84. The average Bonchev–Trinajstić information content (AvgIpc) is 2.42. The van der Waals surface area contributed by atoms with Crippen LogP contribution in [-0.2, 0) is 0 Å². The molecule has 4 nitrogen and oxygen atoms in total. The Morgan fingerprint density at radius 1 is 1.36 bits per heavy atom. The van der Waals surface area contributed by atoms with Crippen molar-refractivity contribution < 1.29 is 15.0 Å². The summed E-state index contributed by atoms with van der Waals surface area (Å²) in [6.45, 7) is 0. The number of rotatable bonds is 1. The number of carboxylic acid groups (broad SMARTS) is 1. The van der Waals surface area contributed by atoms with E-state index in [2.05, 4.69) is 0 Å². The van der Waals surface area contributed by atoms with Crippen LogP contribution in [0.1, 0.15) is 10.4 Å². The first kappa shape index (κ1) is 8.83. The van der Waals surface area contributed by atoms with E-state index in [1.807, 2.05) is 0 Å². The van der Waals surface area contributed by atoms with Gasteiger partial charge >= 0.3 is 5.97 Å². The summed E-state index contributed by atoms with van der Waals surface area (Å²) in [5.74, 6) is -1.12. The molecule has 0 aliphatic heterocycles. The number of thiophene rings is 1. The van der Waals surface area contributed by atoms with Crippen LogP contribution >= 0.6 is 11.3 Å². The van der Waals surface area contributed by atoms with E-state index in [9.17, 15) is 9.90 Å². The third-order valence-corrected chi connectivity index (χ3v) is 2.78. The number of phenolic OH excluding ortho intramolecular Hbond substituents is 1. The van der Waals surface area contributed by atoms with Gasteiger partial charge in [0.25, 0.3) is 0 Å².